The number of carboxylic acid groups (broad SMARTS) is 1. The summed E-state index contributed by atoms with van der Waals surface area (Å²) in [6.07, 6.45) is -3.41. The number of halogens is 3. The predicted molar refractivity (Wildman–Crippen MR) is 141 cm³/mol. The van der Waals surface area contributed by atoms with Gasteiger partial charge in [0, 0.05) is 22.8 Å². The summed E-state index contributed by atoms with van der Waals surface area (Å²) in [6, 6.07) is 18.1. The summed E-state index contributed by atoms with van der Waals surface area (Å²) in [5.41, 5.74) is -0.195. The third kappa shape index (κ3) is 5.45. The van der Waals surface area contributed by atoms with Crippen molar-refractivity contribution in [1.29, 1.82) is 0 Å². The zero-order chi connectivity index (χ0) is 27.7. The number of aromatic carboxylic acids is 1. The Kier molecular flexibility index (Phi) is 7.37. The zero-order valence-electron chi connectivity index (χ0n) is 21.2. The molecule has 1 unspecified atom stereocenters. The van der Waals surface area contributed by atoms with Crippen molar-refractivity contribution in [2.45, 2.75) is 38.6 Å². The molecule has 0 aliphatic carbocycles. The van der Waals surface area contributed by atoms with Crippen molar-refractivity contribution in [3.63, 3.8) is 0 Å². The molecule has 0 spiro atoms. The van der Waals surface area contributed by atoms with Gasteiger partial charge in [-0.1, -0.05) is 24.3 Å². The molecular formula is C28H29F3N4O3. The number of aliphatic hydroxyl groups is 1. The number of aryl methyl sites for hydroxylation is 1. The summed E-state index contributed by atoms with van der Waals surface area (Å²) in [5, 5.41) is 28.0. The third-order valence-corrected chi connectivity index (χ3v) is 6.41. The van der Waals surface area contributed by atoms with E-state index < -0.39 is 30.8 Å². The molecule has 38 heavy (non-hydrogen) atoms. The molecule has 1 heterocycles. The molecule has 0 saturated carbocycles. The van der Waals surface area contributed by atoms with Gasteiger partial charge in [-0.05, 0) is 68.8 Å². The molecule has 0 bridgehead atoms. The highest BCUT2D eigenvalue weighted by atomic mass is 19.4. The van der Waals surface area contributed by atoms with Crippen LogP contribution in [0.5, 0.6) is 0 Å². The molecule has 4 aromatic rings. The molecule has 0 fully saturated rings. The largest absolute Gasteiger partial charge is 0.478 e. The van der Waals surface area contributed by atoms with Crippen molar-refractivity contribution < 1.29 is 28.2 Å². The molecule has 3 N–H and O–H groups in total. The third-order valence-electron chi connectivity index (χ3n) is 6.41. The first kappa shape index (κ1) is 27.0. The highest BCUT2D eigenvalue weighted by Crippen LogP contribution is 2.35. The molecule has 10 heteroatoms. The van der Waals surface area contributed by atoms with Crippen molar-refractivity contribution >= 4 is 28.2 Å². The van der Waals surface area contributed by atoms with Crippen LogP contribution in [0.25, 0.3) is 16.6 Å². The first-order valence-electron chi connectivity index (χ1n) is 12.1. The predicted octanol–water partition coefficient (Wildman–Crippen LogP) is 5.65. The van der Waals surface area contributed by atoms with Crippen molar-refractivity contribution in [1.82, 2.24) is 9.78 Å². The van der Waals surface area contributed by atoms with Crippen LogP contribution in [0.1, 0.15) is 29.8 Å². The second-order valence-electron chi connectivity index (χ2n) is 9.60. The van der Waals surface area contributed by atoms with Crippen molar-refractivity contribution in [2.24, 2.45) is 0 Å². The Morgan fingerprint density at radius 1 is 1.08 bits per heavy atom. The maximum atomic E-state index is 14.3. The smallest absolute Gasteiger partial charge is 0.420 e. The number of carbonyl (C=O) groups is 1. The number of anilines is 2. The highest BCUT2D eigenvalue weighted by molar-refractivity contribution is 5.93. The van der Waals surface area contributed by atoms with Gasteiger partial charge in [-0.25, -0.2) is 9.48 Å². The molecule has 3 aromatic carbocycles. The number of hydrogen-bond acceptors (Lipinski definition) is 5. The normalized spacial score (nSPS) is 13.5. The van der Waals surface area contributed by atoms with E-state index in [2.05, 4.69) is 10.4 Å². The van der Waals surface area contributed by atoms with Gasteiger partial charge in [0.05, 0.1) is 36.1 Å². The first-order valence-corrected chi connectivity index (χ1v) is 12.1. The van der Waals surface area contributed by atoms with E-state index in [1.54, 1.807) is 69.3 Å². The van der Waals surface area contributed by atoms with E-state index >= 15 is 0 Å². The fourth-order valence-corrected chi connectivity index (χ4v) is 4.35. The second kappa shape index (κ2) is 10.4. The Bertz CT molecular complexity index is 1440. The lowest BCUT2D eigenvalue weighted by Crippen LogP contribution is -2.59. The number of carboxylic acids is 1. The summed E-state index contributed by atoms with van der Waals surface area (Å²) in [6.45, 7) is 3.89. The maximum Gasteiger partial charge on any atom is 0.420 e. The standard InChI is InChI=1S/C28H29F3N4O3/c1-18(2)34(21-9-5-4-6-10-21)17-27(38,28(29,30)31)16-32-24-12-19(3)13-25-23(24)15-33-35(25)22-11-7-8-20(14-22)26(36)37/h4-15,18,32,38H,16-17H2,1-3H3,(H,36,37). The number of rotatable bonds is 9. The highest BCUT2D eigenvalue weighted by Gasteiger charge is 2.54. The van der Waals surface area contributed by atoms with Crippen LogP contribution in [0.4, 0.5) is 24.5 Å². The topological polar surface area (TPSA) is 90.6 Å². The van der Waals surface area contributed by atoms with Gasteiger partial charge in [-0.15, -0.1) is 0 Å². The molecule has 0 aliphatic rings. The quantitative estimate of drug-likeness (QED) is 0.261. The van der Waals surface area contributed by atoms with E-state index in [-0.39, 0.29) is 11.6 Å². The Hall–Kier alpha value is -4.05. The van der Waals surface area contributed by atoms with Crippen molar-refractivity contribution in [2.75, 3.05) is 23.3 Å². The fourth-order valence-electron chi connectivity index (χ4n) is 4.35. The fraction of sp³-hybridized carbons (Fsp3) is 0.286. The Balaban J connectivity index is 1.68. The van der Waals surface area contributed by atoms with Crippen molar-refractivity contribution in [3.05, 3.63) is 84.1 Å². The minimum absolute atomic E-state index is 0.0838. The number of para-hydroxylation sites is 1. The Labute approximate surface area is 218 Å². The summed E-state index contributed by atoms with van der Waals surface area (Å²) in [7, 11) is 0. The van der Waals surface area contributed by atoms with E-state index in [0.717, 1.165) is 5.56 Å². The van der Waals surface area contributed by atoms with Gasteiger partial charge < -0.3 is 20.4 Å². The molecule has 0 amide bonds. The molecular weight excluding hydrogens is 497 g/mol. The Morgan fingerprint density at radius 3 is 2.42 bits per heavy atom. The van der Waals surface area contributed by atoms with E-state index in [4.69, 9.17) is 0 Å². The summed E-state index contributed by atoms with van der Waals surface area (Å²) in [4.78, 5) is 12.9. The zero-order valence-corrected chi connectivity index (χ0v) is 21.2. The van der Waals surface area contributed by atoms with Gasteiger partial charge in [0.25, 0.3) is 0 Å². The number of benzene rings is 3. The number of nitrogens with one attached hydrogen (secondary N) is 1. The van der Waals surface area contributed by atoms with Gasteiger partial charge in [0.1, 0.15) is 0 Å². The number of aromatic nitrogens is 2. The van der Waals surface area contributed by atoms with Crippen LogP contribution < -0.4 is 10.2 Å². The monoisotopic (exact) mass is 526 g/mol. The summed E-state index contributed by atoms with van der Waals surface area (Å²) < 4.78 is 44.4. The van der Waals surface area contributed by atoms with Gasteiger partial charge in [-0.2, -0.15) is 18.3 Å². The first-order chi connectivity index (χ1) is 17.9. The lowest BCUT2D eigenvalue weighted by Gasteiger charge is -2.39. The van der Waals surface area contributed by atoms with Crippen LogP contribution in [0.2, 0.25) is 0 Å². The lowest BCUT2D eigenvalue weighted by molar-refractivity contribution is -0.250. The number of nitrogens with zero attached hydrogens (tertiary/aromatic N) is 3. The van der Waals surface area contributed by atoms with Crippen LogP contribution in [-0.2, 0) is 0 Å². The average molecular weight is 527 g/mol. The van der Waals surface area contributed by atoms with Gasteiger partial charge in [0.2, 0.25) is 0 Å². The molecule has 4 rings (SSSR count). The molecule has 0 radical (unpaired) electrons. The van der Waals surface area contributed by atoms with E-state index in [9.17, 15) is 28.2 Å². The SMILES string of the molecule is Cc1cc(NCC(O)(CN(c2ccccc2)C(C)C)C(F)(F)F)c2cnn(-c3cccc(C(=O)O)c3)c2c1. The van der Waals surface area contributed by atoms with Crippen LogP contribution in [0.15, 0.2) is 72.9 Å². The van der Waals surface area contributed by atoms with E-state index in [1.165, 1.54) is 27.9 Å². The number of hydrogen-bond donors (Lipinski definition) is 3. The summed E-state index contributed by atoms with van der Waals surface area (Å²) >= 11 is 0. The lowest BCUT2D eigenvalue weighted by atomic mass is 10.0. The number of fused-ring (bicyclic) bond motifs is 1. The van der Waals surface area contributed by atoms with Crippen LogP contribution in [0.3, 0.4) is 0 Å². The number of alkyl halides is 3. The second-order valence-corrected chi connectivity index (χ2v) is 9.60. The molecule has 1 aromatic heterocycles. The average Bonchev–Trinajstić information content (AvgIpc) is 3.29. The summed E-state index contributed by atoms with van der Waals surface area (Å²) in [5.74, 6) is -1.08. The molecule has 0 aliphatic heterocycles. The minimum atomic E-state index is -4.91. The van der Waals surface area contributed by atoms with Gasteiger partial charge in [0.15, 0.2) is 5.60 Å². The van der Waals surface area contributed by atoms with Crippen LogP contribution >= 0.6 is 0 Å². The van der Waals surface area contributed by atoms with Crippen LogP contribution in [0, 0.1) is 6.92 Å². The van der Waals surface area contributed by atoms with E-state index in [1.807, 2.05) is 6.07 Å². The molecule has 200 valence electrons. The molecule has 0 saturated heterocycles. The van der Waals surface area contributed by atoms with Crippen LogP contribution in [-0.4, -0.2) is 56.9 Å². The molecule has 1 atom stereocenters. The van der Waals surface area contributed by atoms with E-state index in [0.29, 0.717) is 28.0 Å². The Morgan fingerprint density at radius 2 is 1.79 bits per heavy atom. The maximum absolute atomic E-state index is 14.3. The van der Waals surface area contributed by atoms with Crippen molar-refractivity contribution in [3.8, 4) is 5.69 Å². The van der Waals surface area contributed by atoms with Gasteiger partial charge in [-0.3, -0.25) is 0 Å². The molecule has 7 nitrogen and oxygen atoms in total. The van der Waals surface area contributed by atoms with Gasteiger partial charge >= 0.3 is 12.1 Å². The minimum Gasteiger partial charge on any atom is -0.478 e.